The van der Waals surface area contributed by atoms with Crippen molar-refractivity contribution in [2.75, 3.05) is 11.9 Å². The monoisotopic (exact) mass is 266 g/mol. The molecule has 7 heteroatoms. The molecule has 7 nitrogen and oxygen atoms in total. The van der Waals surface area contributed by atoms with Crippen LogP contribution in [0, 0.1) is 0 Å². The Morgan fingerprint density at radius 3 is 2.37 bits per heavy atom. The molecule has 1 amide bonds. The van der Waals surface area contributed by atoms with Crippen molar-refractivity contribution in [3.8, 4) is 0 Å². The van der Waals surface area contributed by atoms with Crippen LogP contribution in [0.15, 0.2) is 24.3 Å². The van der Waals surface area contributed by atoms with E-state index >= 15 is 0 Å². The maximum atomic E-state index is 11.9. The molecule has 0 saturated heterocycles. The van der Waals surface area contributed by atoms with Crippen LogP contribution in [0.1, 0.15) is 16.8 Å². The smallest absolute Gasteiger partial charge is 0.337 e. The molecule has 0 aliphatic rings. The second-order valence-corrected chi connectivity index (χ2v) is 3.92. The van der Waals surface area contributed by atoms with E-state index < -0.39 is 30.3 Å². The third kappa shape index (κ3) is 3.52. The summed E-state index contributed by atoms with van der Waals surface area (Å²) < 4.78 is 0. The Kier molecular flexibility index (Phi) is 4.60. The molecule has 1 aromatic rings. The Morgan fingerprint density at radius 1 is 1.26 bits per heavy atom. The third-order valence-corrected chi connectivity index (χ3v) is 2.54. The molecular weight excluding hydrogens is 252 g/mol. The summed E-state index contributed by atoms with van der Waals surface area (Å²) >= 11 is 0. The number of benzene rings is 1. The lowest BCUT2D eigenvalue weighted by Gasteiger charge is -2.22. The fraction of sp³-hybridized carbons (Fsp3) is 0.250. The Morgan fingerprint density at radius 2 is 1.84 bits per heavy atom. The van der Waals surface area contributed by atoms with Gasteiger partial charge in [0.25, 0.3) is 0 Å². The SMILES string of the molecule is CN(C(=O)C(N)CC(=O)O)c1ccccc1C(=O)O. The van der Waals surface area contributed by atoms with Crippen LogP contribution >= 0.6 is 0 Å². The summed E-state index contributed by atoms with van der Waals surface area (Å²) in [6.07, 6.45) is -0.515. The zero-order valence-corrected chi connectivity index (χ0v) is 10.2. The maximum Gasteiger partial charge on any atom is 0.337 e. The van der Waals surface area contributed by atoms with Crippen molar-refractivity contribution in [2.45, 2.75) is 12.5 Å². The van der Waals surface area contributed by atoms with Gasteiger partial charge in [-0.05, 0) is 12.1 Å². The maximum absolute atomic E-state index is 11.9. The summed E-state index contributed by atoms with van der Waals surface area (Å²) in [4.78, 5) is 34.5. The number of nitrogens with zero attached hydrogens (tertiary/aromatic N) is 1. The Hall–Kier alpha value is -2.41. The number of hydrogen-bond donors (Lipinski definition) is 3. The van der Waals surface area contributed by atoms with Gasteiger partial charge in [-0.2, -0.15) is 0 Å². The van der Waals surface area contributed by atoms with E-state index in [9.17, 15) is 14.4 Å². The summed E-state index contributed by atoms with van der Waals surface area (Å²) in [5.74, 6) is -3.03. The normalized spacial score (nSPS) is 11.7. The molecule has 0 saturated carbocycles. The Balaban J connectivity index is 3.00. The fourth-order valence-corrected chi connectivity index (χ4v) is 1.59. The van der Waals surface area contributed by atoms with Gasteiger partial charge in [-0.1, -0.05) is 12.1 Å². The van der Waals surface area contributed by atoms with Gasteiger partial charge in [0, 0.05) is 7.05 Å². The van der Waals surface area contributed by atoms with Crippen LogP contribution < -0.4 is 10.6 Å². The number of aromatic carboxylic acids is 1. The Labute approximate surface area is 109 Å². The topological polar surface area (TPSA) is 121 Å². The van der Waals surface area contributed by atoms with Gasteiger partial charge in [0.2, 0.25) is 5.91 Å². The molecule has 0 spiro atoms. The molecule has 0 bridgehead atoms. The first kappa shape index (κ1) is 14.7. The summed E-state index contributed by atoms with van der Waals surface area (Å²) in [6.45, 7) is 0. The van der Waals surface area contributed by atoms with Crippen molar-refractivity contribution >= 4 is 23.5 Å². The molecule has 1 rings (SSSR count). The lowest BCUT2D eigenvalue weighted by Crippen LogP contribution is -2.43. The van der Waals surface area contributed by atoms with Crippen molar-refractivity contribution in [2.24, 2.45) is 5.73 Å². The third-order valence-electron chi connectivity index (χ3n) is 2.54. The van der Waals surface area contributed by atoms with E-state index in [1.165, 1.54) is 25.2 Å². The first-order valence-electron chi connectivity index (χ1n) is 5.42. The summed E-state index contributed by atoms with van der Waals surface area (Å²) in [6, 6.07) is 4.69. The van der Waals surface area contributed by atoms with Crippen molar-refractivity contribution in [3.63, 3.8) is 0 Å². The second-order valence-electron chi connectivity index (χ2n) is 3.92. The zero-order valence-electron chi connectivity index (χ0n) is 10.2. The van der Waals surface area contributed by atoms with Crippen molar-refractivity contribution in [3.05, 3.63) is 29.8 Å². The molecule has 4 N–H and O–H groups in total. The number of carboxylic acid groups (broad SMARTS) is 2. The Bertz CT molecular complexity index is 515. The van der Waals surface area contributed by atoms with Gasteiger partial charge in [0.1, 0.15) is 0 Å². The minimum Gasteiger partial charge on any atom is -0.481 e. The van der Waals surface area contributed by atoms with E-state index in [1.807, 2.05) is 0 Å². The highest BCUT2D eigenvalue weighted by molar-refractivity contribution is 6.04. The molecule has 0 fully saturated rings. The number of aliphatic carboxylic acids is 1. The lowest BCUT2D eigenvalue weighted by atomic mass is 10.1. The van der Waals surface area contributed by atoms with Crippen LogP contribution in [0.3, 0.4) is 0 Å². The van der Waals surface area contributed by atoms with E-state index in [-0.39, 0.29) is 11.3 Å². The standard InChI is InChI=1S/C12H14N2O5/c1-14(11(17)8(13)6-10(15)16)9-5-3-2-4-7(9)12(18)19/h2-5,8H,6,13H2,1H3,(H,15,16)(H,18,19). The van der Waals surface area contributed by atoms with E-state index in [0.717, 1.165) is 4.90 Å². The summed E-state index contributed by atoms with van der Waals surface area (Å²) in [7, 11) is 1.35. The van der Waals surface area contributed by atoms with Crippen LogP contribution in [-0.4, -0.2) is 41.1 Å². The molecule has 0 heterocycles. The van der Waals surface area contributed by atoms with Gasteiger partial charge < -0.3 is 20.8 Å². The molecule has 1 atom stereocenters. The number of amides is 1. The van der Waals surface area contributed by atoms with Gasteiger partial charge in [0.15, 0.2) is 0 Å². The lowest BCUT2D eigenvalue weighted by molar-refractivity contribution is -0.139. The van der Waals surface area contributed by atoms with Crippen molar-refractivity contribution < 1.29 is 24.6 Å². The van der Waals surface area contributed by atoms with Gasteiger partial charge >= 0.3 is 11.9 Å². The number of para-hydroxylation sites is 1. The average molecular weight is 266 g/mol. The van der Waals surface area contributed by atoms with Crippen LogP contribution in [0.5, 0.6) is 0 Å². The van der Waals surface area contributed by atoms with E-state index in [2.05, 4.69) is 0 Å². The number of likely N-dealkylation sites (N-methyl/N-ethyl adjacent to an activating group) is 1. The molecule has 0 aromatic heterocycles. The number of nitrogens with two attached hydrogens (primary N) is 1. The molecule has 1 aromatic carbocycles. The van der Waals surface area contributed by atoms with Crippen LogP contribution in [0.4, 0.5) is 5.69 Å². The van der Waals surface area contributed by atoms with Gasteiger partial charge in [-0.3, -0.25) is 9.59 Å². The number of anilines is 1. The molecule has 1 unspecified atom stereocenters. The predicted octanol–water partition coefficient (Wildman–Crippen LogP) is 0.150. The van der Waals surface area contributed by atoms with Crippen LogP contribution in [0.2, 0.25) is 0 Å². The van der Waals surface area contributed by atoms with Crippen LogP contribution in [-0.2, 0) is 9.59 Å². The highest BCUT2D eigenvalue weighted by Gasteiger charge is 2.24. The molecule has 102 valence electrons. The minimum atomic E-state index is -1.22. The highest BCUT2D eigenvalue weighted by Crippen LogP contribution is 2.19. The molecule has 0 radical (unpaired) electrons. The van der Waals surface area contributed by atoms with E-state index in [4.69, 9.17) is 15.9 Å². The van der Waals surface area contributed by atoms with Gasteiger partial charge in [0.05, 0.1) is 23.7 Å². The molecule has 19 heavy (non-hydrogen) atoms. The summed E-state index contributed by atoms with van der Waals surface area (Å²) in [5, 5.41) is 17.6. The van der Waals surface area contributed by atoms with Crippen molar-refractivity contribution in [1.29, 1.82) is 0 Å². The minimum absolute atomic E-state index is 0.0547. The number of carbonyl (C=O) groups excluding carboxylic acids is 1. The number of hydrogen-bond acceptors (Lipinski definition) is 4. The predicted molar refractivity (Wildman–Crippen MR) is 67.0 cm³/mol. The van der Waals surface area contributed by atoms with Crippen LogP contribution in [0.25, 0.3) is 0 Å². The summed E-state index contributed by atoms with van der Waals surface area (Å²) in [5.41, 5.74) is 5.58. The fourth-order valence-electron chi connectivity index (χ4n) is 1.59. The molecule has 0 aliphatic carbocycles. The number of carbonyl (C=O) groups is 3. The highest BCUT2D eigenvalue weighted by atomic mass is 16.4. The zero-order chi connectivity index (χ0) is 14.6. The van der Waals surface area contributed by atoms with Gasteiger partial charge in [-0.15, -0.1) is 0 Å². The van der Waals surface area contributed by atoms with E-state index in [1.54, 1.807) is 6.07 Å². The van der Waals surface area contributed by atoms with Gasteiger partial charge in [-0.25, -0.2) is 4.79 Å². The largest absolute Gasteiger partial charge is 0.481 e. The first-order valence-corrected chi connectivity index (χ1v) is 5.42. The van der Waals surface area contributed by atoms with E-state index in [0.29, 0.717) is 0 Å². The van der Waals surface area contributed by atoms with Crippen molar-refractivity contribution in [1.82, 2.24) is 0 Å². The number of rotatable bonds is 5. The quantitative estimate of drug-likeness (QED) is 0.697. The first-order chi connectivity index (χ1) is 8.84. The molecule has 0 aliphatic heterocycles. The average Bonchev–Trinajstić information content (AvgIpc) is 2.36. The second kappa shape index (κ2) is 5.96. The number of carboxylic acids is 2. The molecular formula is C12H14N2O5.